The van der Waals surface area contributed by atoms with Crippen molar-refractivity contribution in [3.63, 3.8) is 0 Å². The van der Waals surface area contributed by atoms with E-state index in [1.807, 2.05) is 16.8 Å². The zero-order chi connectivity index (χ0) is 12.9. The van der Waals surface area contributed by atoms with E-state index in [1.165, 1.54) is 0 Å². The number of rotatable bonds is 6. The Bertz CT molecular complexity index is 454. The van der Waals surface area contributed by atoms with Gasteiger partial charge in [-0.15, -0.1) is 0 Å². The first-order valence-corrected chi connectivity index (χ1v) is 8.11. The molecule has 0 aliphatic heterocycles. The Balaban J connectivity index is 2.32. The summed E-state index contributed by atoms with van der Waals surface area (Å²) in [5.41, 5.74) is 6.60. The van der Waals surface area contributed by atoms with Crippen LogP contribution in [0.15, 0.2) is 16.8 Å². The molecule has 1 heterocycles. The molecule has 7 heteroatoms. The van der Waals surface area contributed by atoms with Gasteiger partial charge in [0.1, 0.15) is 9.84 Å². The fraction of sp³-hybridized carbons (Fsp3) is 0.500. The second-order valence-electron chi connectivity index (χ2n) is 3.87. The molecule has 1 amide bonds. The van der Waals surface area contributed by atoms with Crippen LogP contribution < -0.4 is 11.1 Å². The molecule has 0 saturated carbocycles. The number of hydrogen-bond acceptors (Lipinski definition) is 5. The minimum absolute atomic E-state index is 0.0694. The van der Waals surface area contributed by atoms with Crippen LogP contribution in [0.25, 0.3) is 0 Å². The van der Waals surface area contributed by atoms with Crippen LogP contribution >= 0.6 is 11.3 Å². The Morgan fingerprint density at radius 2 is 2.29 bits per heavy atom. The van der Waals surface area contributed by atoms with Gasteiger partial charge < -0.3 is 11.1 Å². The predicted octanol–water partition coefficient (Wildman–Crippen LogP) is 0.126. The van der Waals surface area contributed by atoms with Crippen LogP contribution in [0.4, 0.5) is 0 Å². The summed E-state index contributed by atoms with van der Waals surface area (Å²) < 4.78 is 21.8. The van der Waals surface area contributed by atoms with Crippen molar-refractivity contribution in [2.45, 2.75) is 19.0 Å². The van der Waals surface area contributed by atoms with E-state index in [4.69, 9.17) is 5.73 Å². The summed E-state index contributed by atoms with van der Waals surface area (Å²) in [4.78, 5) is 11.5. The van der Waals surface area contributed by atoms with Crippen LogP contribution in [0.2, 0.25) is 0 Å². The lowest BCUT2D eigenvalue weighted by molar-refractivity contribution is -0.122. The molecule has 1 aromatic heterocycles. The third-order valence-corrected chi connectivity index (χ3v) is 3.89. The number of sulfone groups is 1. The van der Waals surface area contributed by atoms with Crippen molar-refractivity contribution in [3.05, 3.63) is 22.4 Å². The van der Waals surface area contributed by atoms with Crippen LogP contribution in [0, 0.1) is 0 Å². The van der Waals surface area contributed by atoms with Gasteiger partial charge in [-0.2, -0.15) is 11.3 Å². The van der Waals surface area contributed by atoms with Crippen molar-refractivity contribution in [1.29, 1.82) is 0 Å². The molecule has 0 saturated heterocycles. The number of amides is 1. The summed E-state index contributed by atoms with van der Waals surface area (Å²) in [7, 11) is -3.07. The molecule has 1 rings (SSSR count). The monoisotopic (exact) mass is 276 g/mol. The summed E-state index contributed by atoms with van der Waals surface area (Å²) in [6, 6.07) is 1.14. The van der Waals surface area contributed by atoms with E-state index < -0.39 is 15.9 Å². The van der Waals surface area contributed by atoms with Crippen LogP contribution in [-0.2, 0) is 21.2 Å². The fourth-order valence-electron chi connectivity index (χ4n) is 1.19. The lowest BCUT2D eigenvalue weighted by Gasteiger charge is -2.11. The van der Waals surface area contributed by atoms with E-state index in [2.05, 4.69) is 5.32 Å². The van der Waals surface area contributed by atoms with Crippen LogP contribution in [-0.4, -0.2) is 32.4 Å². The minimum atomic E-state index is -3.07. The number of hydrogen-bond donors (Lipinski definition) is 2. The van der Waals surface area contributed by atoms with Crippen LogP contribution in [0.1, 0.15) is 12.0 Å². The van der Waals surface area contributed by atoms with Crippen molar-refractivity contribution < 1.29 is 13.2 Å². The highest BCUT2D eigenvalue weighted by atomic mass is 32.2. The normalized spacial score (nSPS) is 13.3. The van der Waals surface area contributed by atoms with E-state index in [-0.39, 0.29) is 18.1 Å². The van der Waals surface area contributed by atoms with Gasteiger partial charge in [-0.05, 0) is 28.8 Å². The molecule has 5 nitrogen and oxygen atoms in total. The maximum Gasteiger partial charge on any atom is 0.237 e. The van der Waals surface area contributed by atoms with E-state index in [0.29, 0.717) is 6.54 Å². The lowest BCUT2D eigenvalue weighted by atomic mass is 10.2. The molecule has 0 aliphatic carbocycles. The minimum Gasteiger partial charge on any atom is -0.351 e. The molecule has 0 radical (unpaired) electrons. The second kappa shape index (κ2) is 6.13. The smallest absolute Gasteiger partial charge is 0.237 e. The van der Waals surface area contributed by atoms with Gasteiger partial charge in [-0.3, -0.25) is 4.79 Å². The zero-order valence-corrected chi connectivity index (χ0v) is 11.2. The molecule has 3 N–H and O–H groups in total. The molecular formula is C10H16N2O3S2. The third kappa shape index (κ3) is 5.81. The van der Waals surface area contributed by atoms with E-state index in [1.54, 1.807) is 11.3 Å². The SMILES string of the molecule is CS(=O)(=O)CCC(N)C(=O)NCc1ccsc1. The van der Waals surface area contributed by atoms with Gasteiger partial charge in [0.25, 0.3) is 0 Å². The summed E-state index contributed by atoms with van der Waals surface area (Å²) in [6.45, 7) is 0.426. The molecule has 0 aromatic carbocycles. The third-order valence-electron chi connectivity index (χ3n) is 2.18. The van der Waals surface area contributed by atoms with Gasteiger partial charge in [-0.1, -0.05) is 0 Å². The topological polar surface area (TPSA) is 89.3 Å². The van der Waals surface area contributed by atoms with Gasteiger partial charge in [0.2, 0.25) is 5.91 Å². The first-order valence-electron chi connectivity index (χ1n) is 5.10. The molecule has 96 valence electrons. The summed E-state index contributed by atoms with van der Waals surface area (Å²) in [5, 5.41) is 6.52. The molecule has 17 heavy (non-hydrogen) atoms. The number of thiophene rings is 1. The van der Waals surface area contributed by atoms with Crippen molar-refractivity contribution >= 4 is 27.1 Å². The van der Waals surface area contributed by atoms with Gasteiger partial charge in [0.05, 0.1) is 11.8 Å². The molecule has 1 aromatic rings. The van der Waals surface area contributed by atoms with Crippen molar-refractivity contribution in [1.82, 2.24) is 5.32 Å². The van der Waals surface area contributed by atoms with E-state index >= 15 is 0 Å². The number of nitrogens with two attached hydrogens (primary N) is 1. The van der Waals surface area contributed by atoms with E-state index in [9.17, 15) is 13.2 Å². The second-order valence-corrected chi connectivity index (χ2v) is 6.91. The molecule has 0 spiro atoms. The molecule has 0 aliphatic rings. The quantitative estimate of drug-likeness (QED) is 0.772. The first kappa shape index (κ1) is 14.1. The largest absolute Gasteiger partial charge is 0.351 e. The highest BCUT2D eigenvalue weighted by Crippen LogP contribution is 2.05. The van der Waals surface area contributed by atoms with Gasteiger partial charge in [-0.25, -0.2) is 8.42 Å². The number of nitrogens with one attached hydrogen (secondary N) is 1. The standard InChI is InChI=1S/C10H16N2O3S2/c1-17(14,15)5-3-9(11)10(13)12-6-8-2-4-16-7-8/h2,4,7,9H,3,5-6,11H2,1H3,(H,12,13). The van der Waals surface area contributed by atoms with Gasteiger partial charge in [0, 0.05) is 12.8 Å². The van der Waals surface area contributed by atoms with Crippen LogP contribution in [0.5, 0.6) is 0 Å². The van der Waals surface area contributed by atoms with Crippen molar-refractivity contribution in [2.24, 2.45) is 5.73 Å². The van der Waals surface area contributed by atoms with E-state index in [0.717, 1.165) is 11.8 Å². The fourth-order valence-corrected chi connectivity index (χ4v) is 2.54. The lowest BCUT2D eigenvalue weighted by Crippen LogP contribution is -2.41. The Kier molecular flexibility index (Phi) is 5.10. The Hall–Kier alpha value is -0.920. The maximum atomic E-state index is 11.5. The zero-order valence-electron chi connectivity index (χ0n) is 9.55. The molecule has 1 unspecified atom stereocenters. The Morgan fingerprint density at radius 1 is 1.59 bits per heavy atom. The summed E-state index contributed by atoms with van der Waals surface area (Å²) in [6.07, 6.45) is 1.28. The van der Waals surface area contributed by atoms with Gasteiger partial charge in [0.15, 0.2) is 0 Å². The number of carbonyl (C=O) groups excluding carboxylic acids is 1. The highest BCUT2D eigenvalue weighted by molar-refractivity contribution is 7.90. The predicted molar refractivity (Wildman–Crippen MR) is 68.5 cm³/mol. The average Bonchev–Trinajstić information content (AvgIpc) is 2.74. The molecule has 0 bridgehead atoms. The van der Waals surface area contributed by atoms with Gasteiger partial charge >= 0.3 is 0 Å². The van der Waals surface area contributed by atoms with Crippen LogP contribution in [0.3, 0.4) is 0 Å². The Labute approximate surface area is 105 Å². The molecule has 1 atom stereocenters. The highest BCUT2D eigenvalue weighted by Gasteiger charge is 2.15. The average molecular weight is 276 g/mol. The summed E-state index contributed by atoms with van der Waals surface area (Å²) in [5.74, 6) is -0.389. The van der Waals surface area contributed by atoms with Crippen molar-refractivity contribution in [2.75, 3.05) is 12.0 Å². The Morgan fingerprint density at radius 3 is 2.82 bits per heavy atom. The maximum absolute atomic E-state index is 11.5. The first-order chi connectivity index (χ1) is 7.88. The number of carbonyl (C=O) groups is 1. The molecular weight excluding hydrogens is 260 g/mol. The van der Waals surface area contributed by atoms with Crippen molar-refractivity contribution in [3.8, 4) is 0 Å². The summed E-state index contributed by atoms with van der Waals surface area (Å²) >= 11 is 1.55. The molecule has 0 fully saturated rings.